The Labute approximate surface area is 103 Å². The minimum atomic E-state index is -2.84. The van der Waals surface area contributed by atoms with E-state index in [1.54, 1.807) is 0 Å². The van der Waals surface area contributed by atoms with Gasteiger partial charge in [-0.3, -0.25) is 0 Å². The molecule has 0 amide bonds. The zero-order valence-electron chi connectivity index (χ0n) is 10.4. The Kier molecular flexibility index (Phi) is 4.20. The normalized spacial score (nSPS) is 10.5. The van der Waals surface area contributed by atoms with Crippen molar-refractivity contribution in [2.45, 2.75) is 26.7 Å². The molecular formula is C10H15F2N6+. The van der Waals surface area contributed by atoms with E-state index in [-0.39, 0.29) is 11.8 Å². The van der Waals surface area contributed by atoms with Crippen LogP contribution in [-0.2, 0) is 0 Å². The van der Waals surface area contributed by atoms with Gasteiger partial charge in [0.2, 0.25) is 11.8 Å². The highest BCUT2D eigenvalue weighted by molar-refractivity contribution is 5.79. The number of nitrogens with two attached hydrogens (primary N) is 1. The third kappa shape index (κ3) is 3.41. The van der Waals surface area contributed by atoms with Gasteiger partial charge in [0, 0.05) is 6.92 Å². The van der Waals surface area contributed by atoms with Crippen LogP contribution in [0, 0.1) is 6.33 Å². The molecule has 0 saturated carbocycles. The Morgan fingerprint density at radius 1 is 1.44 bits per heavy atom. The molecule has 0 atom stereocenters. The van der Waals surface area contributed by atoms with Crippen molar-refractivity contribution < 1.29 is 13.8 Å². The number of rotatable bonds is 3. The first-order valence-electron chi connectivity index (χ1n) is 5.47. The summed E-state index contributed by atoms with van der Waals surface area (Å²) >= 11 is 0. The topological polar surface area (TPSA) is 93.7 Å². The molecule has 2 rings (SSSR count). The molecule has 0 fully saturated rings. The molecule has 0 aliphatic carbocycles. The fraction of sp³-hybridized carbons (Fsp3) is 0.500. The van der Waals surface area contributed by atoms with Gasteiger partial charge in [0.25, 0.3) is 5.92 Å². The lowest BCUT2D eigenvalue weighted by Crippen LogP contribution is -2.24. The summed E-state index contributed by atoms with van der Waals surface area (Å²) in [5.41, 5.74) is 6.10. The number of hydrogen-bond acceptors (Lipinski definition) is 4. The van der Waals surface area contributed by atoms with Gasteiger partial charge in [0.05, 0.1) is 6.54 Å². The van der Waals surface area contributed by atoms with Crippen molar-refractivity contribution in [2.24, 2.45) is 0 Å². The third-order valence-corrected chi connectivity index (χ3v) is 1.81. The van der Waals surface area contributed by atoms with Crippen LogP contribution in [0.2, 0.25) is 0 Å². The molecule has 0 aliphatic rings. The maximum atomic E-state index is 12.7. The lowest BCUT2D eigenvalue weighted by molar-refractivity contribution is -0.257. The number of aromatic amines is 1. The Morgan fingerprint density at radius 2 is 2.11 bits per heavy atom. The van der Waals surface area contributed by atoms with Crippen molar-refractivity contribution >= 4 is 22.9 Å². The lowest BCUT2D eigenvalue weighted by Gasteiger charge is -2.10. The molecule has 6 nitrogen and oxygen atoms in total. The van der Waals surface area contributed by atoms with Gasteiger partial charge in [0.15, 0.2) is 0 Å². The monoisotopic (exact) mass is 257 g/mol. The van der Waals surface area contributed by atoms with Crippen molar-refractivity contribution in [3.8, 4) is 0 Å². The predicted octanol–water partition coefficient (Wildman–Crippen LogP) is 1.03. The smallest absolute Gasteiger partial charge is 0.368 e. The maximum absolute atomic E-state index is 12.7. The summed E-state index contributed by atoms with van der Waals surface area (Å²) in [4.78, 5) is 14.0. The van der Waals surface area contributed by atoms with Crippen LogP contribution in [0.15, 0.2) is 0 Å². The van der Waals surface area contributed by atoms with E-state index in [0.29, 0.717) is 11.2 Å². The molecule has 0 unspecified atom stereocenters. The molecule has 0 aliphatic heterocycles. The summed E-state index contributed by atoms with van der Waals surface area (Å²) in [5.74, 6) is -2.69. The van der Waals surface area contributed by atoms with Crippen molar-refractivity contribution in [3.63, 3.8) is 0 Å². The molecule has 0 aromatic carbocycles. The van der Waals surface area contributed by atoms with Crippen molar-refractivity contribution in [2.75, 3.05) is 17.6 Å². The minimum absolute atomic E-state index is 0.0212. The molecule has 0 spiro atoms. The fourth-order valence-corrected chi connectivity index (χ4v) is 1.16. The van der Waals surface area contributed by atoms with Crippen LogP contribution in [-0.4, -0.2) is 27.4 Å². The van der Waals surface area contributed by atoms with Gasteiger partial charge in [-0.05, 0) is 0 Å². The minimum Gasteiger partial charge on any atom is -0.368 e. The zero-order valence-corrected chi connectivity index (χ0v) is 10.4. The quantitative estimate of drug-likeness (QED) is 0.763. The number of fused-ring (bicyclic) bond motifs is 1. The number of nitrogen functional groups attached to an aromatic ring is 1. The number of hydrogen-bond donors (Lipinski definition) is 3. The molecular weight excluding hydrogens is 242 g/mol. The van der Waals surface area contributed by atoms with Crippen molar-refractivity contribution in [1.29, 1.82) is 0 Å². The van der Waals surface area contributed by atoms with E-state index < -0.39 is 12.5 Å². The second-order valence-electron chi connectivity index (χ2n) is 3.40. The Balaban J connectivity index is 0.000000771. The molecule has 0 saturated heterocycles. The van der Waals surface area contributed by atoms with E-state index in [2.05, 4.69) is 31.6 Å². The van der Waals surface area contributed by atoms with E-state index in [0.717, 1.165) is 6.92 Å². The molecule has 0 bridgehead atoms. The SMILES string of the molecule is CC.CC(F)(F)CNc1nc(N)nc2[nH]c#[n+]c12. The van der Waals surface area contributed by atoms with Crippen molar-refractivity contribution in [3.05, 3.63) is 6.33 Å². The number of alkyl halides is 2. The van der Waals surface area contributed by atoms with Gasteiger partial charge in [-0.2, -0.15) is 15.0 Å². The van der Waals surface area contributed by atoms with Crippen LogP contribution in [0.4, 0.5) is 20.5 Å². The van der Waals surface area contributed by atoms with Crippen LogP contribution in [0.3, 0.4) is 0 Å². The fourth-order valence-electron chi connectivity index (χ4n) is 1.16. The van der Waals surface area contributed by atoms with Gasteiger partial charge >= 0.3 is 17.5 Å². The van der Waals surface area contributed by atoms with Crippen LogP contribution in [0.5, 0.6) is 0 Å². The van der Waals surface area contributed by atoms with E-state index >= 15 is 0 Å². The first kappa shape index (κ1) is 13.9. The first-order valence-corrected chi connectivity index (χ1v) is 5.47. The molecule has 8 heteroatoms. The molecule has 2 aromatic heterocycles. The van der Waals surface area contributed by atoms with Crippen LogP contribution in [0.25, 0.3) is 11.2 Å². The van der Waals surface area contributed by atoms with Crippen LogP contribution >= 0.6 is 0 Å². The standard InChI is InChI=1S/C8H8F2N6.C2H6/c1-8(9,10)2-12-5-4-6(14-3-13-4)16-7(11)15-5;1-2/h2H2,1H3,(H3,11,12,15,16);1-2H3/p+1. The average molecular weight is 257 g/mol. The maximum Gasteiger partial charge on any atom is 0.382 e. The molecule has 2 heterocycles. The summed E-state index contributed by atoms with van der Waals surface area (Å²) in [7, 11) is 0. The molecule has 18 heavy (non-hydrogen) atoms. The number of H-pyrrole nitrogens is 1. The van der Waals surface area contributed by atoms with E-state index in [4.69, 9.17) is 5.73 Å². The number of nitrogens with zero attached hydrogens (tertiary/aromatic N) is 3. The summed E-state index contributed by atoms with van der Waals surface area (Å²) in [6.07, 6.45) is 2.44. The summed E-state index contributed by atoms with van der Waals surface area (Å²) < 4.78 is 25.3. The predicted molar refractivity (Wildman–Crippen MR) is 63.2 cm³/mol. The van der Waals surface area contributed by atoms with Gasteiger partial charge in [-0.1, -0.05) is 13.8 Å². The Hall–Kier alpha value is -2.17. The van der Waals surface area contributed by atoms with Crippen molar-refractivity contribution in [1.82, 2.24) is 15.0 Å². The highest BCUT2D eigenvalue weighted by Crippen LogP contribution is 2.17. The average Bonchev–Trinajstić information content (AvgIpc) is 2.75. The molecule has 98 valence electrons. The summed E-state index contributed by atoms with van der Waals surface area (Å²) in [5, 5.41) is 2.47. The highest BCUT2D eigenvalue weighted by Gasteiger charge is 2.23. The number of anilines is 2. The molecule has 2 aromatic rings. The van der Waals surface area contributed by atoms with Gasteiger partial charge in [-0.25, -0.2) is 8.78 Å². The Bertz CT molecular complexity index is 505. The second-order valence-corrected chi connectivity index (χ2v) is 3.40. The van der Waals surface area contributed by atoms with Crippen LogP contribution < -0.4 is 16.0 Å². The van der Waals surface area contributed by atoms with Gasteiger partial charge in [-0.15, -0.1) is 4.98 Å². The highest BCUT2D eigenvalue weighted by atomic mass is 19.3. The van der Waals surface area contributed by atoms with E-state index in [1.165, 1.54) is 0 Å². The summed E-state index contributed by atoms with van der Waals surface area (Å²) in [6, 6.07) is 0. The first-order chi connectivity index (χ1) is 8.46. The third-order valence-electron chi connectivity index (χ3n) is 1.81. The number of aromatic nitrogens is 4. The van der Waals surface area contributed by atoms with E-state index in [1.807, 2.05) is 13.8 Å². The number of halogens is 2. The van der Waals surface area contributed by atoms with E-state index in [9.17, 15) is 8.78 Å². The molecule has 4 N–H and O–H groups in total. The van der Waals surface area contributed by atoms with Gasteiger partial charge < -0.3 is 11.1 Å². The molecule has 0 radical (unpaired) electrons. The number of nitrogens with one attached hydrogen (secondary N) is 2. The zero-order chi connectivity index (χ0) is 13.8. The Morgan fingerprint density at radius 3 is 2.72 bits per heavy atom. The summed E-state index contributed by atoms with van der Waals surface area (Å²) in [6.45, 7) is 4.25. The second kappa shape index (κ2) is 5.44. The van der Waals surface area contributed by atoms with Gasteiger partial charge in [0.1, 0.15) is 0 Å². The largest absolute Gasteiger partial charge is 0.382 e. The van der Waals surface area contributed by atoms with Crippen LogP contribution in [0.1, 0.15) is 20.8 Å². The lowest BCUT2D eigenvalue weighted by atomic mass is 10.4.